The predicted molar refractivity (Wildman–Crippen MR) is 221 cm³/mol. The van der Waals surface area contributed by atoms with Crippen molar-refractivity contribution in [2.45, 2.75) is 47.6 Å². The van der Waals surface area contributed by atoms with Gasteiger partial charge in [0.05, 0.1) is 4.92 Å². The van der Waals surface area contributed by atoms with E-state index in [0.29, 0.717) is 10.8 Å². The molecule has 5 aromatic rings. The van der Waals surface area contributed by atoms with Gasteiger partial charge in [0.1, 0.15) is 16.1 Å². The highest BCUT2D eigenvalue weighted by atomic mass is 35.5. The highest BCUT2D eigenvalue weighted by Crippen LogP contribution is 2.42. The molecule has 0 amide bonds. The minimum atomic E-state index is -4.50. The number of hydrogen-bond donors (Lipinski definition) is 2. The van der Waals surface area contributed by atoms with Crippen LogP contribution in [0.15, 0.2) is 125 Å². The number of halogens is 1. The van der Waals surface area contributed by atoms with Crippen LogP contribution < -0.4 is 15.4 Å². The first-order valence-corrected chi connectivity index (χ1v) is 21.2. The van der Waals surface area contributed by atoms with E-state index in [1.165, 1.54) is 23.3 Å². The van der Waals surface area contributed by atoms with Gasteiger partial charge in [-0.3, -0.25) is 19.8 Å². The highest BCUT2D eigenvalue weighted by molar-refractivity contribution is 7.99. The van der Waals surface area contributed by atoms with E-state index >= 15 is 0 Å². The number of carbonyl (C=O) groups excluding carboxylic acids is 1. The molecule has 1 aliphatic heterocycles. The van der Waals surface area contributed by atoms with Crippen molar-refractivity contribution in [2.75, 3.05) is 42.1 Å². The van der Waals surface area contributed by atoms with Gasteiger partial charge < -0.3 is 10.2 Å². The van der Waals surface area contributed by atoms with Gasteiger partial charge >= 0.3 is 5.69 Å². The second kappa shape index (κ2) is 16.6. The van der Waals surface area contributed by atoms with Crippen LogP contribution in [0.2, 0.25) is 5.02 Å². The van der Waals surface area contributed by atoms with Gasteiger partial charge in [0, 0.05) is 65.2 Å². The van der Waals surface area contributed by atoms with Gasteiger partial charge in [-0.05, 0) is 90.2 Å². The summed E-state index contributed by atoms with van der Waals surface area (Å²) in [7, 11) is -4.50. The van der Waals surface area contributed by atoms with Crippen LogP contribution in [0.3, 0.4) is 0 Å². The number of thioether (sulfide) groups is 1. The first kappa shape index (κ1) is 38.6. The van der Waals surface area contributed by atoms with E-state index in [1.807, 2.05) is 60.7 Å². The molecule has 10 nitrogen and oxygen atoms in total. The lowest BCUT2D eigenvalue weighted by Crippen LogP contribution is -2.46. The van der Waals surface area contributed by atoms with E-state index in [9.17, 15) is 23.3 Å². The van der Waals surface area contributed by atoms with Crippen LogP contribution in [0, 0.1) is 10.1 Å². The number of nitrogens with zero attached hydrogens (tertiary/aromatic N) is 3. The van der Waals surface area contributed by atoms with E-state index < -0.39 is 42.4 Å². The van der Waals surface area contributed by atoms with Gasteiger partial charge in [-0.25, -0.2) is 13.6 Å². The Hall–Kier alpha value is -4.72. The largest absolute Gasteiger partial charge is 0.373 e. The molecule has 2 fully saturated rings. The number of nitro groups is 1. The third-order valence-corrected chi connectivity index (χ3v) is 13.0. The van der Waals surface area contributed by atoms with Gasteiger partial charge in [0.2, 0.25) is 15.8 Å². The summed E-state index contributed by atoms with van der Waals surface area (Å²) >= 11 is 7.78. The second-order valence-corrected chi connectivity index (χ2v) is 17.2. The van der Waals surface area contributed by atoms with E-state index in [0.717, 1.165) is 74.6 Å². The number of hydrogen-bond acceptors (Lipinski definition) is 9. The molecule has 2 aliphatic rings. The van der Waals surface area contributed by atoms with E-state index in [4.69, 9.17) is 16.7 Å². The van der Waals surface area contributed by atoms with Crippen LogP contribution in [0.1, 0.15) is 47.2 Å². The Morgan fingerprint density at radius 2 is 1.51 bits per heavy atom. The summed E-state index contributed by atoms with van der Waals surface area (Å²) in [4.78, 5) is 31.4. The molecular formula is C42H42ClN5O5S2. The fourth-order valence-corrected chi connectivity index (χ4v) is 9.65. The number of anilines is 2. The lowest BCUT2D eigenvalue weighted by atomic mass is 9.97. The molecule has 3 N–H and O–H groups in total. The van der Waals surface area contributed by atoms with Gasteiger partial charge in [-0.2, -0.15) is 0 Å². The molecule has 0 unspecified atom stereocenters. The van der Waals surface area contributed by atoms with Crippen molar-refractivity contribution >= 4 is 56.2 Å². The van der Waals surface area contributed by atoms with E-state index in [-0.39, 0.29) is 11.3 Å². The van der Waals surface area contributed by atoms with Crippen molar-refractivity contribution in [1.82, 2.24) is 4.90 Å². The molecule has 1 heterocycles. The molecule has 1 saturated carbocycles. The first-order chi connectivity index (χ1) is 26.5. The Balaban J connectivity index is 1.09. The number of ketones is 1. The molecule has 13 heteroatoms. The summed E-state index contributed by atoms with van der Waals surface area (Å²) in [6.45, 7) is 3.96. The van der Waals surface area contributed by atoms with E-state index in [1.54, 1.807) is 36.0 Å². The Morgan fingerprint density at radius 3 is 2.16 bits per heavy atom. The van der Waals surface area contributed by atoms with Crippen LogP contribution in [0.4, 0.5) is 17.1 Å². The third-order valence-electron chi connectivity index (χ3n) is 10.5. The summed E-state index contributed by atoms with van der Waals surface area (Å²) in [5, 5.41) is 22.5. The summed E-state index contributed by atoms with van der Waals surface area (Å²) in [6.07, 6.45) is 3.43. The highest BCUT2D eigenvalue weighted by Gasteiger charge is 2.39. The molecule has 0 aromatic heterocycles. The molecule has 0 atom stereocenters. The summed E-state index contributed by atoms with van der Waals surface area (Å²) in [5.41, 5.74) is 3.03. The molecule has 7 rings (SSSR count). The zero-order chi connectivity index (χ0) is 38.6. The maximum Gasteiger partial charge on any atom is 0.304 e. The zero-order valence-electron chi connectivity index (χ0n) is 30.2. The quantitative estimate of drug-likeness (QED) is 0.0519. The number of carbonyl (C=O) groups is 1. The molecule has 0 radical (unpaired) electrons. The van der Waals surface area contributed by atoms with Gasteiger partial charge in [-0.1, -0.05) is 79.0 Å². The number of nitrogens with two attached hydrogens (primary N) is 1. The Kier molecular flexibility index (Phi) is 11.6. The van der Waals surface area contributed by atoms with Crippen LogP contribution in [-0.4, -0.2) is 61.5 Å². The average molecular weight is 796 g/mol. The fraction of sp³-hybridized carbons (Fsp3) is 0.262. The third kappa shape index (κ3) is 8.90. The lowest BCUT2D eigenvalue weighted by Gasteiger charge is -2.36. The molecular weight excluding hydrogens is 754 g/mol. The Labute approximate surface area is 330 Å². The van der Waals surface area contributed by atoms with Crippen molar-refractivity contribution in [1.29, 1.82) is 0 Å². The van der Waals surface area contributed by atoms with Crippen LogP contribution in [0.5, 0.6) is 0 Å². The summed E-state index contributed by atoms with van der Waals surface area (Å²) < 4.78 is 25.6. The number of primary sulfonamides is 1. The smallest absolute Gasteiger partial charge is 0.304 e. The average Bonchev–Trinajstić information content (AvgIpc) is 3.66. The standard InChI is InChI=1S/C42H42ClN5O5S2/c43-33-16-12-30(13-17-33)36-11-5-4-8-32(36)28-46-24-26-47(27-25-46)34-18-14-31(15-19-34)41(49)39-38(55(44,52)53)21-20-37(40(39)48(50)51)45-42(22-6-7-23-42)29-54-35-9-2-1-3-10-35/h1-5,8-21,45H,6-7,22-29H2,(H2,44,52,53). The molecule has 1 saturated heterocycles. The Morgan fingerprint density at radius 1 is 0.855 bits per heavy atom. The number of piperazine rings is 1. The maximum absolute atomic E-state index is 14.2. The van der Waals surface area contributed by atoms with Crippen LogP contribution in [0.25, 0.3) is 11.1 Å². The van der Waals surface area contributed by atoms with Crippen molar-refractivity contribution < 1.29 is 18.1 Å². The normalized spacial score (nSPS) is 15.9. The van der Waals surface area contributed by atoms with Crippen molar-refractivity contribution in [3.8, 4) is 11.1 Å². The minimum Gasteiger partial charge on any atom is -0.373 e. The predicted octanol–water partition coefficient (Wildman–Crippen LogP) is 8.63. The van der Waals surface area contributed by atoms with Gasteiger partial charge in [0.15, 0.2) is 0 Å². The fourth-order valence-electron chi connectivity index (χ4n) is 7.64. The number of sulfonamides is 1. The van der Waals surface area contributed by atoms with Crippen LogP contribution >= 0.6 is 23.4 Å². The number of benzene rings is 5. The van der Waals surface area contributed by atoms with Crippen molar-refractivity contribution in [3.63, 3.8) is 0 Å². The topological polar surface area (TPSA) is 139 Å². The monoisotopic (exact) mass is 795 g/mol. The van der Waals surface area contributed by atoms with Crippen molar-refractivity contribution in [3.05, 3.63) is 147 Å². The van der Waals surface area contributed by atoms with E-state index in [2.05, 4.69) is 33.3 Å². The van der Waals surface area contributed by atoms with Gasteiger partial charge in [0.25, 0.3) is 0 Å². The van der Waals surface area contributed by atoms with Crippen molar-refractivity contribution in [2.24, 2.45) is 5.14 Å². The molecule has 284 valence electrons. The molecule has 0 bridgehead atoms. The SMILES string of the molecule is NS(=O)(=O)c1ccc(NC2(CSc3ccccc3)CCCC2)c([N+](=O)[O-])c1C(=O)c1ccc(N2CCN(Cc3ccccc3-c3ccc(Cl)cc3)CC2)cc1. The number of rotatable bonds is 13. The molecule has 0 spiro atoms. The van der Waals surface area contributed by atoms with Crippen LogP contribution in [-0.2, 0) is 16.6 Å². The molecule has 1 aliphatic carbocycles. The number of nitro benzene ring substituents is 1. The first-order valence-electron chi connectivity index (χ1n) is 18.3. The second-order valence-electron chi connectivity index (χ2n) is 14.2. The summed E-state index contributed by atoms with van der Waals surface area (Å²) in [5.74, 6) is -0.143. The Bertz CT molecular complexity index is 2280. The zero-order valence-corrected chi connectivity index (χ0v) is 32.6. The molecule has 55 heavy (non-hydrogen) atoms. The maximum atomic E-state index is 14.2. The van der Waals surface area contributed by atoms with Gasteiger partial charge in [-0.15, -0.1) is 11.8 Å². The number of nitrogens with one attached hydrogen (secondary N) is 1. The summed E-state index contributed by atoms with van der Waals surface area (Å²) in [6, 6.07) is 35.5. The lowest BCUT2D eigenvalue weighted by molar-refractivity contribution is -0.384. The minimum absolute atomic E-state index is 0.0987. The molecule has 5 aromatic carbocycles.